The lowest BCUT2D eigenvalue weighted by Gasteiger charge is -2.03. The average molecular weight is 211 g/mol. The van der Waals surface area contributed by atoms with E-state index in [0.29, 0.717) is 11.4 Å². The van der Waals surface area contributed by atoms with E-state index in [-0.39, 0.29) is 11.7 Å². The highest BCUT2D eigenvalue weighted by atomic mass is 32.2. The molecule has 1 amide bonds. The fraction of sp³-hybridized carbons (Fsp3) is 0.300. The molecule has 0 unspecified atom stereocenters. The molecule has 14 heavy (non-hydrogen) atoms. The third kappa shape index (κ3) is 3.70. The van der Waals surface area contributed by atoms with Crippen molar-refractivity contribution in [2.75, 3.05) is 16.8 Å². The molecule has 0 fully saturated rings. The summed E-state index contributed by atoms with van der Waals surface area (Å²) >= 11 is 1.58. The summed E-state index contributed by atoms with van der Waals surface area (Å²) in [5, 5.41) is 11.7. The SMILES string of the molecule is CCSCC(=O)Nc1ccc(O)cc1. The first kappa shape index (κ1) is 10.9. The van der Waals surface area contributed by atoms with Crippen LogP contribution in [0.2, 0.25) is 0 Å². The fourth-order valence-corrected chi connectivity index (χ4v) is 1.40. The number of anilines is 1. The zero-order valence-electron chi connectivity index (χ0n) is 7.99. The number of rotatable bonds is 4. The lowest BCUT2D eigenvalue weighted by molar-refractivity contribution is -0.113. The first-order chi connectivity index (χ1) is 6.72. The smallest absolute Gasteiger partial charge is 0.234 e. The van der Waals surface area contributed by atoms with Crippen LogP contribution in [-0.2, 0) is 4.79 Å². The fourth-order valence-electron chi connectivity index (χ4n) is 0.937. The molecule has 0 spiro atoms. The van der Waals surface area contributed by atoms with Crippen LogP contribution >= 0.6 is 11.8 Å². The molecule has 0 aliphatic rings. The number of nitrogens with one attached hydrogen (secondary N) is 1. The number of aromatic hydroxyl groups is 1. The minimum atomic E-state index is -0.0115. The molecule has 0 aliphatic heterocycles. The van der Waals surface area contributed by atoms with Crippen LogP contribution in [-0.4, -0.2) is 22.5 Å². The Labute approximate surface area is 87.5 Å². The Morgan fingerprint density at radius 3 is 2.64 bits per heavy atom. The van der Waals surface area contributed by atoms with Gasteiger partial charge in [0.2, 0.25) is 5.91 Å². The van der Waals surface area contributed by atoms with Crippen molar-refractivity contribution in [2.45, 2.75) is 6.92 Å². The zero-order valence-corrected chi connectivity index (χ0v) is 8.80. The van der Waals surface area contributed by atoms with Crippen LogP contribution in [0.5, 0.6) is 5.75 Å². The maximum absolute atomic E-state index is 11.3. The highest BCUT2D eigenvalue weighted by molar-refractivity contribution is 7.99. The first-order valence-electron chi connectivity index (χ1n) is 4.39. The predicted molar refractivity (Wildman–Crippen MR) is 59.7 cm³/mol. The largest absolute Gasteiger partial charge is 0.508 e. The number of amides is 1. The molecule has 0 saturated heterocycles. The van der Waals surface area contributed by atoms with Crippen molar-refractivity contribution in [1.82, 2.24) is 0 Å². The Bertz CT molecular complexity index is 297. The van der Waals surface area contributed by atoms with E-state index in [1.165, 1.54) is 0 Å². The molecule has 4 heteroatoms. The third-order valence-corrected chi connectivity index (χ3v) is 2.46. The van der Waals surface area contributed by atoms with Crippen molar-refractivity contribution in [3.63, 3.8) is 0 Å². The van der Waals surface area contributed by atoms with Crippen LogP contribution in [0.1, 0.15) is 6.92 Å². The van der Waals surface area contributed by atoms with Gasteiger partial charge in [0.15, 0.2) is 0 Å². The van der Waals surface area contributed by atoms with Crippen LogP contribution in [0, 0.1) is 0 Å². The topological polar surface area (TPSA) is 49.3 Å². The van der Waals surface area contributed by atoms with E-state index in [1.807, 2.05) is 6.92 Å². The summed E-state index contributed by atoms with van der Waals surface area (Å²) in [6.45, 7) is 2.01. The lowest BCUT2D eigenvalue weighted by Crippen LogP contribution is -2.13. The number of phenolic OH excluding ortho intramolecular Hbond substituents is 1. The standard InChI is InChI=1S/C10H13NO2S/c1-2-14-7-10(13)11-8-3-5-9(12)6-4-8/h3-6,12H,2,7H2,1H3,(H,11,13). The average Bonchev–Trinajstić information content (AvgIpc) is 2.18. The van der Waals surface area contributed by atoms with Crippen LogP contribution < -0.4 is 5.32 Å². The minimum absolute atomic E-state index is 0.0115. The van der Waals surface area contributed by atoms with Crippen molar-refractivity contribution >= 4 is 23.4 Å². The third-order valence-electron chi connectivity index (χ3n) is 1.59. The van der Waals surface area contributed by atoms with Gasteiger partial charge in [-0.2, -0.15) is 11.8 Å². The molecule has 0 radical (unpaired) electrons. The van der Waals surface area contributed by atoms with Crippen LogP contribution in [0.4, 0.5) is 5.69 Å². The molecular weight excluding hydrogens is 198 g/mol. The van der Waals surface area contributed by atoms with Gasteiger partial charge in [0.1, 0.15) is 5.75 Å². The molecule has 0 heterocycles. The number of carbonyl (C=O) groups is 1. The van der Waals surface area contributed by atoms with Crippen molar-refractivity contribution < 1.29 is 9.90 Å². The van der Waals surface area contributed by atoms with Gasteiger partial charge in [-0.05, 0) is 30.0 Å². The van der Waals surface area contributed by atoms with Crippen LogP contribution in [0.15, 0.2) is 24.3 Å². The molecule has 0 aromatic heterocycles. The number of phenols is 1. The van der Waals surface area contributed by atoms with Gasteiger partial charge in [-0.15, -0.1) is 0 Å². The van der Waals surface area contributed by atoms with E-state index >= 15 is 0 Å². The molecular formula is C10H13NO2S. The molecule has 1 rings (SSSR count). The van der Waals surface area contributed by atoms with Gasteiger partial charge in [-0.1, -0.05) is 6.92 Å². The van der Waals surface area contributed by atoms with Crippen molar-refractivity contribution in [3.8, 4) is 5.75 Å². The number of hydrogen-bond acceptors (Lipinski definition) is 3. The summed E-state index contributed by atoms with van der Waals surface area (Å²) < 4.78 is 0. The molecule has 2 N–H and O–H groups in total. The predicted octanol–water partition coefficient (Wildman–Crippen LogP) is 2.08. The number of hydrogen-bond donors (Lipinski definition) is 2. The van der Waals surface area contributed by atoms with Gasteiger partial charge in [-0.25, -0.2) is 0 Å². The summed E-state index contributed by atoms with van der Waals surface area (Å²) in [6, 6.07) is 6.43. The van der Waals surface area contributed by atoms with Gasteiger partial charge in [-0.3, -0.25) is 4.79 Å². The second-order valence-corrected chi connectivity index (χ2v) is 4.01. The van der Waals surface area contributed by atoms with E-state index in [9.17, 15) is 4.79 Å². The Hall–Kier alpha value is -1.16. The molecule has 3 nitrogen and oxygen atoms in total. The number of thioether (sulfide) groups is 1. The van der Waals surface area contributed by atoms with E-state index in [0.717, 1.165) is 5.75 Å². The second kappa shape index (κ2) is 5.54. The Balaban J connectivity index is 2.44. The Kier molecular flexibility index (Phi) is 4.32. The summed E-state index contributed by atoms with van der Waals surface area (Å²) in [5.74, 6) is 1.59. The van der Waals surface area contributed by atoms with E-state index in [1.54, 1.807) is 36.0 Å². The van der Waals surface area contributed by atoms with Crippen LogP contribution in [0.3, 0.4) is 0 Å². The number of carbonyl (C=O) groups excluding carboxylic acids is 1. The minimum Gasteiger partial charge on any atom is -0.508 e. The molecule has 76 valence electrons. The highest BCUT2D eigenvalue weighted by Gasteiger charge is 2.00. The summed E-state index contributed by atoms with van der Waals surface area (Å²) in [6.07, 6.45) is 0. The summed E-state index contributed by atoms with van der Waals surface area (Å²) in [4.78, 5) is 11.3. The maximum atomic E-state index is 11.3. The molecule has 0 bridgehead atoms. The monoisotopic (exact) mass is 211 g/mol. The molecule has 1 aromatic rings. The first-order valence-corrected chi connectivity index (χ1v) is 5.54. The van der Waals surface area contributed by atoms with E-state index < -0.39 is 0 Å². The Morgan fingerprint density at radius 1 is 1.43 bits per heavy atom. The molecule has 0 atom stereocenters. The molecule has 0 saturated carbocycles. The lowest BCUT2D eigenvalue weighted by atomic mass is 10.3. The van der Waals surface area contributed by atoms with Crippen LogP contribution in [0.25, 0.3) is 0 Å². The second-order valence-electron chi connectivity index (χ2n) is 2.73. The summed E-state index contributed by atoms with van der Waals surface area (Å²) in [7, 11) is 0. The van der Waals surface area contributed by atoms with Crippen molar-refractivity contribution in [3.05, 3.63) is 24.3 Å². The molecule has 1 aromatic carbocycles. The van der Waals surface area contributed by atoms with E-state index in [4.69, 9.17) is 5.11 Å². The van der Waals surface area contributed by atoms with Crippen molar-refractivity contribution in [2.24, 2.45) is 0 Å². The maximum Gasteiger partial charge on any atom is 0.234 e. The van der Waals surface area contributed by atoms with Gasteiger partial charge >= 0.3 is 0 Å². The molecule has 0 aliphatic carbocycles. The van der Waals surface area contributed by atoms with Gasteiger partial charge in [0, 0.05) is 5.69 Å². The van der Waals surface area contributed by atoms with Crippen molar-refractivity contribution in [1.29, 1.82) is 0 Å². The summed E-state index contributed by atoms with van der Waals surface area (Å²) in [5.41, 5.74) is 0.713. The van der Waals surface area contributed by atoms with E-state index in [2.05, 4.69) is 5.32 Å². The zero-order chi connectivity index (χ0) is 10.4. The van der Waals surface area contributed by atoms with Gasteiger partial charge in [0.05, 0.1) is 5.75 Å². The highest BCUT2D eigenvalue weighted by Crippen LogP contribution is 2.13. The van der Waals surface area contributed by atoms with Gasteiger partial charge < -0.3 is 10.4 Å². The van der Waals surface area contributed by atoms with Gasteiger partial charge in [0.25, 0.3) is 0 Å². The number of benzene rings is 1. The Morgan fingerprint density at radius 2 is 2.07 bits per heavy atom. The normalized spacial score (nSPS) is 9.79. The quantitative estimate of drug-likeness (QED) is 0.750.